The summed E-state index contributed by atoms with van der Waals surface area (Å²) in [4.78, 5) is 12.0. The topological polar surface area (TPSA) is 70.9 Å². The number of hydrogen-bond acceptors (Lipinski definition) is 4. The Kier molecular flexibility index (Phi) is 6.17. The molecule has 120 valence electrons. The van der Waals surface area contributed by atoms with Gasteiger partial charge in [-0.15, -0.1) is 0 Å². The van der Waals surface area contributed by atoms with E-state index in [1.54, 1.807) is 48.5 Å². The van der Waals surface area contributed by atoms with Crippen LogP contribution in [0.25, 0.3) is 0 Å². The predicted molar refractivity (Wildman–Crippen MR) is 90.0 cm³/mol. The second-order valence-electron chi connectivity index (χ2n) is 4.98. The molecule has 0 heterocycles. The maximum atomic E-state index is 12.0. The number of carbonyl (C=O) groups excluding carboxylic acids is 1. The van der Waals surface area contributed by atoms with Gasteiger partial charge in [-0.05, 0) is 42.8 Å². The zero-order valence-corrected chi connectivity index (χ0v) is 13.0. The quantitative estimate of drug-likeness (QED) is 0.468. The van der Waals surface area contributed by atoms with Crippen LogP contribution < -0.4 is 10.2 Å². The Morgan fingerprint density at radius 2 is 1.96 bits per heavy atom. The summed E-state index contributed by atoms with van der Waals surface area (Å²) in [6.07, 6.45) is 3.48. The van der Waals surface area contributed by atoms with Crippen molar-refractivity contribution in [2.24, 2.45) is 5.10 Å². The van der Waals surface area contributed by atoms with Crippen LogP contribution in [0.5, 0.6) is 11.5 Å². The van der Waals surface area contributed by atoms with Crippen molar-refractivity contribution in [1.82, 2.24) is 5.43 Å². The summed E-state index contributed by atoms with van der Waals surface area (Å²) in [6.45, 7) is 2.78. The van der Waals surface area contributed by atoms with Crippen LogP contribution in [0.15, 0.2) is 53.6 Å². The maximum absolute atomic E-state index is 12.0. The summed E-state index contributed by atoms with van der Waals surface area (Å²) in [5, 5.41) is 13.4. The Morgan fingerprint density at radius 1 is 1.22 bits per heavy atom. The van der Waals surface area contributed by atoms with Crippen LogP contribution in [0.3, 0.4) is 0 Å². The zero-order valence-electron chi connectivity index (χ0n) is 13.0. The minimum absolute atomic E-state index is 0.110. The molecular weight excluding hydrogens is 292 g/mol. The number of rotatable bonds is 7. The van der Waals surface area contributed by atoms with E-state index in [2.05, 4.69) is 17.5 Å². The average Bonchev–Trinajstić information content (AvgIpc) is 2.57. The second kappa shape index (κ2) is 8.58. The molecule has 0 saturated heterocycles. The second-order valence-corrected chi connectivity index (χ2v) is 4.98. The fraction of sp³-hybridized carbons (Fsp3) is 0.222. The van der Waals surface area contributed by atoms with Crippen LogP contribution in [0.4, 0.5) is 0 Å². The van der Waals surface area contributed by atoms with Crippen molar-refractivity contribution in [3.8, 4) is 11.5 Å². The summed E-state index contributed by atoms with van der Waals surface area (Å²) in [5.41, 5.74) is 3.45. The summed E-state index contributed by atoms with van der Waals surface area (Å²) in [7, 11) is 0. The van der Waals surface area contributed by atoms with Gasteiger partial charge in [0.25, 0.3) is 5.91 Å². The van der Waals surface area contributed by atoms with Gasteiger partial charge in [0.2, 0.25) is 0 Å². The molecule has 0 atom stereocenters. The molecule has 0 aliphatic heterocycles. The van der Waals surface area contributed by atoms with Gasteiger partial charge in [-0.25, -0.2) is 5.43 Å². The van der Waals surface area contributed by atoms with E-state index >= 15 is 0 Å². The molecule has 2 N–H and O–H groups in total. The number of ether oxygens (including phenoxy) is 1. The fourth-order valence-electron chi connectivity index (χ4n) is 1.86. The highest BCUT2D eigenvalue weighted by Gasteiger charge is 2.04. The Hall–Kier alpha value is -2.82. The Labute approximate surface area is 135 Å². The number of carbonyl (C=O) groups is 1. The molecule has 0 aromatic heterocycles. The van der Waals surface area contributed by atoms with Crippen molar-refractivity contribution >= 4 is 12.1 Å². The van der Waals surface area contributed by atoms with Crippen molar-refractivity contribution in [1.29, 1.82) is 0 Å². The average molecular weight is 312 g/mol. The standard InChI is InChI=1S/C18H20N2O3/c1-2-3-12-23-16-10-8-14(9-11-16)18(22)20-19-13-15-6-4-5-7-17(15)21/h4-11,13,21H,2-3,12H2,1H3,(H,20,22). The lowest BCUT2D eigenvalue weighted by Gasteiger charge is -2.06. The van der Waals surface area contributed by atoms with E-state index in [9.17, 15) is 9.90 Å². The zero-order chi connectivity index (χ0) is 16.5. The number of phenols is 1. The first kappa shape index (κ1) is 16.5. The first-order valence-electron chi connectivity index (χ1n) is 7.55. The first-order chi connectivity index (χ1) is 11.2. The molecule has 2 aromatic rings. The molecular formula is C18H20N2O3. The normalized spacial score (nSPS) is 10.7. The van der Waals surface area contributed by atoms with E-state index in [0.717, 1.165) is 18.6 Å². The van der Waals surface area contributed by atoms with Crippen molar-refractivity contribution < 1.29 is 14.6 Å². The molecule has 0 aliphatic rings. The molecule has 0 spiro atoms. The highest BCUT2D eigenvalue weighted by atomic mass is 16.5. The van der Waals surface area contributed by atoms with Gasteiger partial charge < -0.3 is 9.84 Å². The molecule has 0 unspecified atom stereocenters. The maximum Gasteiger partial charge on any atom is 0.271 e. The molecule has 2 rings (SSSR count). The van der Waals surface area contributed by atoms with E-state index in [-0.39, 0.29) is 11.7 Å². The van der Waals surface area contributed by atoms with Crippen LogP contribution in [0.2, 0.25) is 0 Å². The van der Waals surface area contributed by atoms with E-state index in [4.69, 9.17) is 4.74 Å². The van der Waals surface area contributed by atoms with Crippen molar-refractivity contribution in [2.75, 3.05) is 6.61 Å². The highest BCUT2D eigenvalue weighted by molar-refractivity contribution is 5.95. The van der Waals surface area contributed by atoms with E-state index in [1.807, 2.05) is 0 Å². The number of unbranched alkanes of at least 4 members (excludes halogenated alkanes) is 1. The summed E-state index contributed by atoms with van der Waals surface area (Å²) < 4.78 is 5.54. The van der Waals surface area contributed by atoms with Gasteiger partial charge in [-0.2, -0.15) is 5.10 Å². The molecule has 0 bridgehead atoms. The van der Waals surface area contributed by atoms with Gasteiger partial charge in [0.15, 0.2) is 0 Å². The lowest BCUT2D eigenvalue weighted by molar-refractivity contribution is 0.0955. The van der Waals surface area contributed by atoms with E-state index in [0.29, 0.717) is 17.7 Å². The van der Waals surface area contributed by atoms with Crippen LogP contribution in [0.1, 0.15) is 35.7 Å². The molecule has 0 aliphatic carbocycles. The van der Waals surface area contributed by atoms with Gasteiger partial charge >= 0.3 is 0 Å². The summed E-state index contributed by atoms with van der Waals surface area (Å²) >= 11 is 0. The van der Waals surface area contributed by atoms with Crippen LogP contribution in [-0.2, 0) is 0 Å². The smallest absolute Gasteiger partial charge is 0.271 e. The number of aromatic hydroxyl groups is 1. The van der Waals surface area contributed by atoms with Crippen LogP contribution in [0, 0.1) is 0 Å². The SMILES string of the molecule is CCCCOc1ccc(C(=O)NN=Cc2ccccc2O)cc1. The Balaban J connectivity index is 1.89. The van der Waals surface area contributed by atoms with Crippen molar-refractivity contribution in [2.45, 2.75) is 19.8 Å². The van der Waals surface area contributed by atoms with E-state index in [1.165, 1.54) is 6.21 Å². The number of benzene rings is 2. The molecule has 2 aromatic carbocycles. The van der Waals surface area contributed by atoms with Crippen molar-refractivity contribution in [3.05, 3.63) is 59.7 Å². The summed E-state index contributed by atoms with van der Waals surface area (Å²) in [6, 6.07) is 13.6. The minimum atomic E-state index is -0.322. The highest BCUT2D eigenvalue weighted by Crippen LogP contribution is 2.14. The Morgan fingerprint density at radius 3 is 2.65 bits per heavy atom. The number of para-hydroxylation sites is 1. The van der Waals surface area contributed by atoms with Gasteiger partial charge in [-0.1, -0.05) is 25.5 Å². The third kappa shape index (κ3) is 5.14. The summed E-state index contributed by atoms with van der Waals surface area (Å²) in [5.74, 6) is 0.531. The fourth-order valence-corrected chi connectivity index (χ4v) is 1.86. The molecule has 0 radical (unpaired) electrons. The predicted octanol–water partition coefficient (Wildman–Crippen LogP) is 3.34. The lowest BCUT2D eigenvalue weighted by atomic mass is 10.2. The van der Waals surface area contributed by atoms with Crippen LogP contribution >= 0.6 is 0 Å². The number of phenolic OH excluding ortho intramolecular Hbond substituents is 1. The number of amides is 1. The molecule has 5 heteroatoms. The van der Waals surface area contributed by atoms with Gasteiger partial charge in [-0.3, -0.25) is 4.79 Å². The van der Waals surface area contributed by atoms with Gasteiger partial charge in [0.1, 0.15) is 11.5 Å². The first-order valence-corrected chi connectivity index (χ1v) is 7.55. The number of hydrazone groups is 1. The molecule has 1 amide bonds. The lowest BCUT2D eigenvalue weighted by Crippen LogP contribution is -2.17. The monoisotopic (exact) mass is 312 g/mol. The minimum Gasteiger partial charge on any atom is -0.507 e. The Bertz CT molecular complexity index is 666. The number of hydrogen-bond donors (Lipinski definition) is 2. The van der Waals surface area contributed by atoms with E-state index < -0.39 is 0 Å². The third-order valence-electron chi connectivity index (χ3n) is 3.19. The van der Waals surface area contributed by atoms with Crippen LogP contribution in [-0.4, -0.2) is 23.8 Å². The number of nitrogens with one attached hydrogen (secondary N) is 1. The molecule has 0 fully saturated rings. The molecule has 23 heavy (non-hydrogen) atoms. The third-order valence-corrected chi connectivity index (χ3v) is 3.19. The van der Waals surface area contributed by atoms with Gasteiger partial charge in [0.05, 0.1) is 12.8 Å². The van der Waals surface area contributed by atoms with Crippen molar-refractivity contribution in [3.63, 3.8) is 0 Å². The molecule has 5 nitrogen and oxygen atoms in total. The number of nitrogens with zero attached hydrogens (tertiary/aromatic N) is 1. The largest absolute Gasteiger partial charge is 0.507 e. The van der Waals surface area contributed by atoms with Gasteiger partial charge in [0, 0.05) is 11.1 Å². The molecule has 0 saturated carbocycles.